The lowest BCUT2D eigenvalue weighted by molar-refractivity contribution is -0.126. The van der Waals surface area contributed by atoms with Gasteiger partial charge in [-0.25, -0.2) is 4.39 Å². The fraction of sp³-hybridized carbons (Fsp3) is 0.381. The van der Waals surface area contributed by atoms with Crippen molar-refractivity contribution in [1.82, 2.24) is 9.62 Å². The predicted octanol–water partition coefficient (Wildman–Crippen LogP) is 2.84. The largest absolute Gasteiger partial charge is 0.352 e. The Kier molecular flexibility index (Phi) is 6.54. The SMILES string of the molecule is Cc1ccc(CNC(=O)[C@H]2CCCN(S(=O)(=O)N(C)c3ccc(F)cc3)C2)cc1. The fourth-order valence-electron chi connectivity index (χ4n) is 3.36. The number of rotatable bonds is 6. The number of hydrogen-bond acceptors (Lipinski definition) is 3. The van der Waals surface area contributed by atoms with Crippen LogP contribution in [0, 0.1) is 18.7 Å². The average molecular weight is 420 g/mol. The van der Waals surface area contributed by atoms with Crippen molar-refractivity contribution >= 4 is 21.8 Å². The molecule has 2 aromatic carbocycles. The van der Waals surface area contributed by atoms with Gasteiger partial charge in [0.1, 0.15) is 5.82 Å². The highest BCUT2D eigenvalue weighted by molar-refractivity contribution is 7.90. The van der Waals surface area contributed by atoms with E-state index in [0.29, 0.717) is 31.6 Å². The zero-order valence-corrected chi connectivity index (χ0v) is 17.5. The first-order valence-electron chi connectivity index (χ1n) is 9.60. The summed E-state index contributed by atoms with van der Waals surface area (Å²) in [6.45, 7) is 2.91. The van der Waals surface area contributed by atoms with Gasteiger partial charge < -0.3 is 5.32 Å². The highest BCUT2D eigenvalue weighted by Gasteiger charge is 2.34. The first kappa shape index (κ1) is 21.3. The van der Waals surface area contributed by atoms with Gasteiger partial charge in [-0.05, 0) is 49.6 Å². The summed E-state index contributed by atoms with van der Waals surface area (Å²) in [7, 11) is -2.37. The third-order valence-electron chi connectivity index (χ3n) is 5.20. The van der Waals surface area contributed by atoms with Crippen molar-refractivity contribution in [2.45, 2.75) is 26.3 Å². The van der Waals surface area contributed by atoms with Gasteiger partial charge in [0.2, 0.25) is 5.91 Å². The molecule has 8 heteroatoms. The Morgan fingerprint density at radius 2 is 1.83 bits per heavy atom. The minimum Gasteiger partial charge on any atom is -0.352 e. The van der Waals surface area contributed by atoms with E-state index in [4.69, 9.17) is 0 Å². The average Bonchev–Trinajstić information content (AvgIpc) is 2.73. The molecule has 6 nitrogen and oxygen atoms in total. The maximum absolute atomic E-state index is 13.1. The van der Waals surface area contributed by atoms with Crippen molar-refractivity contribution < 1.29 is 17.6 Å². The zero-order valence-electron chi connectivity index (χ0n) is 16.6. The number of carbonyl (C=O) groups excluding carboxylic acids is 1. The second-order valence-electron chi connectivity index (χ2n) is 7.35. The van der Waals surface area contributed by atoms with Crippen molar-refractivity contribution in [1.29, 1.82) is 0 Å². The van der Waals surface area contributed by atoms with E-state index in [1.807, 2.05) is 31.2 Å². The van der Waals surface area contributed by atoms with Crippen LogP contribution in [0.2, 0.25) is 0 Å². The van der Waals surface area contributed by atoms with Crippen LogP contribution >= 0.6 is 0 Å². The quantitative estimate of drug-likeness (QED) is 0.783. The predicted molar refractivity (Wildman–Crippen MR) is 111 cm³/mol. The molecule has 29 heavy (non-hydrogen) atoms. The van der Waals surface area contributed by atoms with Gasteiger partial charge in [0, 0.05) is 26.7 Å². The number of amides is 1. The van der Waals surface area contributed by atoms with Crippen LogP contribution < -0.4 is 9.62 Å². The minimum absolute atomic E-state index is 0.133. The minimum atomic E-state index is -3.80. The standard InChI is InChI=1S/C21H26FN3O3S/c1-16-5-7-17(8-6-16)14-23-21(26)18-4-3-13-25(15-18)29(27,28)24(2)20-11-9-19(22)10-12-20/h5-12,18H,3-4,13-15H2,1-2H3,(H,23,26)/t18-/m0/s1. The molecular formula is C21H26FN3O3S. The van der Waals surface area contributed by atoms with Crippen LogP contribution in [0.25, 0.3) is 0 Å². The van der Waals surface area contributed by atoms with Gasteiger partial charge in [0.15, 0.2) is 0 Å². The van der Waals surface area contributed by atoms with E-state index >= 15 is 0 Å². The summed E-state index contributed by atoms with van der Waals surface area (Å²) >= 11 is 0. The van der Waals surface area contributed by atoms with Gasteiger partial charge in [0.25, 0.3) is 0 Å². The molecule has 0 spiro atoms. The number of carbonyl (C=O) groups is 1. The molecule has 1 atom stereocenters. The highest BCUT2D eigenvalue weighted by atomic mass is 32.2. The molecule has 0 aromatic heterocycles. The molecule has 0 unspecified atom stereocenters. The zero-order chi connectivity index (χ0) is 21.0. The van der Waals surface area contributed by atoms with E-state index in [9.17, 15) is 17.6 Å². The smallest absolute Gasteiger partial charge is 0.303 e. The second kappa shape index (κ2) is 8.92. The molecule has 0 bridgehead atoms. The molecule has 0 saturated carbocycles. The Hall–Kier alpha value is -2.45. The third-order valence-corrected chi connectivity index (χ3v) is 7.09. The molecule has 1 aliphatic heterocycles. The van der Waals surface area contributed by atoms with Gasteiger partial charge in [-0.3, -0.25) is 9.10 Å². The molecular weight excluding hydrogens is 393 g/mol. The summed E-state index contributed by atoms with van der Waals surface area (Å²) in [4.78, 5) is 12.6. The van der Waals surface area contributed by atoms with Gasteiger partial charge in [-0.2, -0.15) is 12.7 Å². The van der Waals surface area contributed by atoms with Gasteiger partial charge >= 0.3 is 10.2 Å². The molecule has 3 rings (SSSR count). The highest BCUT2D eigenvalue weighted by Crippen LogP contribution is 2.24. The molecule has 156 valence electrons. The molecule has 2 aromatic rings. The third kappa shape index (κ3) is 5.13. The molecule has 1 N–H and O–H groups in total. The number of nitrogens with one attached hydrogen (secondary N) is 1. The molecule has 1 heterocycles. The summed E-state index contributed by atoms with van der Waals surface area (Å²) in [6.07, 6.45) is 1.26. The number of nitrogens with zero attached hydrogens (tertiary/aromatic N) is 2. The number of benzene rings is 2. The Labute approximate surface area is 171 Å². The summed E-state index contributed by atoms with van der Waals surface area (Å²) in [6, 6.07) is 13.2. The Morgan fingerprint density at radius 3 is 2.48 bits per heavy atom. The lowest BCUT2D eigenvalue weighted by Gasteiger charge is -2.34. The monoisotopic (exact) mass is 419 g/mol. The van der Waals surface area contributed by atoms with Gasteiger partial charge in [-0.15, -0.1) is 0 Å². The summed E-state index contributed by atoms with van der Waals surface area (Å²) in [5, 5.41) is 2.91. The molecule has 1 aliphatic rings. The van der Waals surface area contributed by atoms with Crippen LogP contribution in [0.4, 0.5) is 10.1 Å². The lowest BCUT2D eigenvalue weighted by atomic mass is 9.98. The molecule has 0 radical (unpaired) electrons. The van der Waals surface area contributed by atoms with E-state index in [1.165, 1.54) is 35.6 Å². The van der Waals surface area contributed by atoms with Crippen LogP contribution in [0.15, 0.2) is 48.5 Å². The molecule has 1 fully saturated rings. The number of halogens is 1. The van der Waals surface area contributed by atoms with Crippen LogP contribution in [0.3, 0.4) is 0 Å². The van der Waals surface area contributed by atoms with Gasteiger partial charge in [-0.1, -0.05) is 29.8 Å². The van der Waals surface area contributed by atoms with Crippen molar-refractivity contribution in [2.24, 2.45) is 5.92 Å². The number of piperidine rings is 1. The fourth-order valence-corrected chi connectivity index (χ4v) is 4.83. The first-order valence-corrected chi connectivity index (χ1v) is 11.0. The van der Waals surface area contributed by atoms with E-state index in [0.717, 1.165) is 15.4 Å². The number of aryl methyl sites for hydroxylation is 1. The van der Waals surface area contributed by atoms with Crippen molar-refractivity contribution in [3.63, 3.8) is 0 Å². The van der Waals surface area contributed by atoms with E-state index in [2.05, 4.69) is 5.32 Å². The van der Waals surface area contributed by atoms with Crippen molar-refractivity contribution in [3.8, 4) is 0 Å². The lowest BCUT2D eigenvalue weighted by Crippen LogP contribution is -2.49. The van der Waals surface area contributed by atoms with E-state index in [1.54, 1.807) is 0 Å². The van der Waals surface area contributed by atoms with Crippen LogP contribution in [-0.4, -0.2) is 38.8 Å². The van der Waals surface area contributed by atoms with Crippen molar-refractivity contribution in [2.75, 3.05) is 24.4 Å². The second-order valence-corrected chi connectivity index (χ2v) is 9.31. The number of anilines is 1. The topological polar surface area (TPSA) is 69.7 Å². The van der Waals surface area contributed by atoms with Crippen LogP contribution in [0.1, 0.15) is 24.0 Å². The van der Waals surface area contributed by atoms with E-state index in [-0.39, 0.29) is 12.5 Å². The maximum atomic E-state index is 13.1. The Balaban J connectivity index is 1.63. The normalized spacial score (nSPS) is 17.7. The summed E-state index contributed by atoms with van der Waals surface area (Å²) in [5.41, 5.74) is 2.52. The first-order chi connectivity index (χ1) is 13.8. The van der Waals surface area contributed by atoms with Crippen molar-refractivity contribution in [3.05, 3.63) is 65.5 Å². The van der Waals surface area contributed by atoms with Crippen LogP contribution in [-0.2, 0) is 21.5 Å². The number of hydrogen-bond donors (Lipinski definition) is 1. The Morgan fingerprint density at radius 1 is 1.17 bits per heavy atom. The van der Waals surface area contributed by atoms with E-state index < -0.39 is 21.9 Å². The Bertz CT molecular complexity index is 946. The molecule has 1 saturated heterocycles. The van der Waals surface area contributed by atoms with Crippen LogP contribution in [0.5, 0.6) is 0 Å². The maximum Gasteiger partial charge on any atom is 0.303 e. The molecule has 1 amide bonds. The van der Waals surface area contributed by atoms with Gasteiger partial charge in [0.05, 0.1) is 11.6 Å². The summed E-state index contributed by atoms with van der Waals surface area (Å²) in [5.74, 6) is -0.969. The molecule has 0 aliphatic carbocycles. The summed E-state index contributed by atoms with van der Waals surface area (Å²) < 4.78 is 41.5.